The Balaban J connectivity index is 1.87. The highest BCUT2D eigenvalue weighted by Crippen LogP contribution is 2.29. The molecule has 0 aliphatic carbocycles. The van der Waals surface area contributed by atoms with Crippen molar-refractivity contribution in [2.24, 2.45) is 0 Å². The van der Waals surface area contributed by atoms with Gasteiger partial charge in [-0.3, -0.25) is 4.79 Å². The Morgan fingerprint density at radius 1 is 1.43 bits per heavy atom. The van der Waals surface area contributed by atoms with E-state index in [-0.39, 0.29) is 17.8 Å². The highest BCUT2D eigenvalue weighted by molar-refractivity contribution is 7.20. The van der Waals surface area contributed by atoms with Gasteiger partial charge in [-0.1, -0.05) is 6.07 Å². The number of nitrogens with zero attached hydrogens (tertiary/aromatic N) is 1. The molecular weight excluding hydrogens is 287 g/mol. The van der Waals surface area contributed by atoms with Gasteiger partial charge in [0.1, 0.15) is 5.82 Å². The molecule has 1 aliphatic rings. The second-order valence-electron chi connectivity index (χ2n) is 5.50. The molecule has 0 saturated carbocycles. The molecule has 112 valence electrons. The summed E-state index contributed by atoms with van der Waals surface area (Å²) in [6.45, 7) is 1.64. The summed E-state index contributed by atoms with van der Waals surface area (Å²) in [6, 6.07) is 6.82. The number of carbonyl (C=O) groups excluding carboxylic acids is 1. The van der Waals surface area contributed by atoms with Gasteiger partial charge in [0.25, 0.3) is 5.91 Å². The molecule has 1 aliphatic heterocycles. The second kappa shape index (κ2) is 6.12. The van der Waals surface area contributed by atoms with Gasteiger partial charge in [0.2, 0.25) is 0 Å². The Labute approximate surface area is 127 Å². The second-order valence-corrected chi connectivity index (χ2v) is 6.58. The quantitative estimate of drug-likeness (QED) is 0.944. The minimum Gasteiger partial charge on any atom is -0.334 e. The van der Waals surface area contributed by atoms with Gasteiger partial charge in [0.05, 0.1) is 4.88 Å². The van der Waals surface area contributed by atoms with Crippen LogP contribution >= 0.6 is 11.3 Å². The van der Waals surface area contributed by atoms with Crippen molar-refractivity contribution in [1.29, 1.82) is 0 Å². The predicted molar refractivity (Wildman–Crippen MR) is 84.4 cm³/mol. The van der Waals surface area contributed by atoms with Gasteiger partial charge in [-0.2, -0.15) is 0 Å². The summed E-state index contributed by atoms with van der Waals surface area (Å²) in [5.74, 6) is -0.175. The molecule has 1 saturated heterocycles. The Morgan fingerprint density at radius 2 is 2.29 bits per heavy atom. The fourth-order valence-electron chi connectivity index (χ4n) is 2.97. The largest absolute Gasteiger partial charge is 0.334 e. The van der Waals surface area contributed by atoms with E-state index in [9.17, 15) is 9.18 Å². The Bertz CT molecular complexity index is 653. The molecule has 21 heavy (non-hydrogen) atoms. The highest BCUT2D eigenvalue weighted by atomic mass is 32.1. The molecular formula is C16H19FN2OS. The summed E-state index contributed by atoms with van der Waals surface area (Å²) in [7, 11) is 1.92. The summed E-state index contributed by atoms with van der Waals surface area (Å²) in [4.78, 5) is 15.4. The molecule has 1 unspecified atom stereocenters. The summed E-state index contributed by atoms with van der Waals surface area (Å²) >= 11 is 1.38. The molecule has 3 nitrogen and oxygen atoms in total. The molecule has 1 aromatic heterocycles. The van der Waals surface area contributed by atoms with Gasteiger partial charge < -0.3 is 10.2 Å². The lowest BCUT2D eigenvalue weighted by Crippen LogP contribution is -2.47. The van der Waals surface area contributed by atoms with Gasteiger partial charge in [0, 0.05) is 23.8 Å². The van der Waals surface area contributed by atoms with Crippen molar-refractivity contribution in [2.45, 2.75) is 25.3 Å². The zero-order valence-electron chi connectivity index (χ0n) is 12.1. The number of likely N-dealkylation sites (N-methyl/N-ethyl adjacent to an activating group) is 1. The first-order chi connectivity index (χ1) is 10.2. The van der Waals surface area contributed by atoms with Gasteiger partial charge in [-0.15, -0.1) is 11.3 Å². The van der Waals surface area contributed by atoms with E-state index in [4.69, 9.17) is 0 Å². The molecule has 2 aromatic rings. The number of benzene rings is 1. The van der Waals surface area contributed by atoms with Crippen LogP contribution in [0.1, 0.15) is 28.9 Å². The number of thiophene rings is 1. The van der Waals surface area contributed by atoms with Crippen LogP contribution in [-0.4, -0.2) is 37.0 Å². The molecule has 1 amide bonds. The van der Waals surface area contributed by atoms with Gasteiger partial charge in [-0.25, -0.2) is 4.39 Å². The van der Waals surface area contributed by atoms with E-state index in [1.54, 1.807) is 6.07 Å². The molecule has 0 bridgehead atoms. The summed E-state index contributed by atoms with van der Waals surface area (Å²) in [6.07, 6.45) is 3.28. The van der Waals surface area contributed by atoms with Crippen molar-refractivity contribution < 1.29 is 9.18 Å². The molecule has 1 N–H and O–H groups in total. The fraction of sp³-hybridized carbons (Fsp3) is 0.438. The average molecular weight is 306 g/mol. The lowest BCUT2D eigenvalue weighted by atomic mass is 10.0. The van der Waals surface area contributed by atoms with Crippen LogP contribution in [0, 0.1) is 5.82 Å². The van der Waals surface area contributed by atoms with E-state index in [1.165, 1.54) is 29.9 Å². The van der Waals surface area contributed by atoms with Crippen LogP contribution < -0.4 is 5.32 Å². The van der Waals surface area contributed by atoms with Crippen molar-refractivity contribution >= 4 is 27.3 Å². The van der Waals surface area contributed by atoms with Crippen molar-refractivity contribution in [3.63, 3.8) is 0 Å². The summed E-state index contributed by atoms with van der Waals surface area (Å²) in [5, 5.41) is 4.10. The topological polar surface area (TPSA) is 32.3 Å². The zero-order valence-corrected chi connectivity index (χ0v) is 12.9. The predicted octanol–water partition coefficient (Wildman–Crippen LogP) is 3.25. The maximum atomic E-state index is 13.3. The number of halogens is 1. The number of nitrogens with one attached hydrogen (secondary N) is 1. The van der Waals surface area contributed by atoms with Crippen molar-refractivity contribution in [1.82, 2.24) is 10.2 Å². The maximum absolute atomic E-state index is 13.3. The highest BCUT2D eigenvalue weighted by Gasteiger charge is 2.27. The van der Waals surface area contributed by atoms with Crippen LogP contribution in [0.3, 0.4) is 0 Å². The van der Waals surface area contributed by atoms with E-state index in [0.717, 1.165) is 36.0 Å². The van der Waals surface area contributed by atoms with E-state index in [0.29, 0.717) is 4.88 Å². The smallest absolute Gasteiger partial charge is 0.264 e. The lowest BCUT2D eigenvalue weighted by molar-refractivity contribution is 0.0620. The van der Waals surface area contributed by atoms with E-state index < -0.39 is 0 Å². The van der Waals surface area contributed by atoms with E-state index in [1.807, 2.05) is 18.0 Å². The first kappa shape index (κ1) is 14.5. The monoisotopic (exact) mass is 306 g/mol. The molecule has 1 aromatic carbocycles. The SMILES string of the molecule is CNCC1CCCCN1C(=O)c1cc2ccc(F)cc2s1. The number of carbonyl (C=O) groups is 1. The third-order valence-electron chi connectivity index (χ3n) is 4.02. The minimum atomic E-state index is -0.255. The van der Waals surface area contributed by atoms with Crippen LogP contribution in [-0.2, 0) is 0 Å². The maximum Gasteiger partial charge on any atom is 0.264 e. The third kappa shape index (κ3) is 2.94. The number of amides is 1. The zero-order chi connectivity index (χ0) is 14.8. The van der Waals surface area contributed by atoms with Crippen LogP contribution in [0.25, 0.3) is 10.1 Å². The van der Waals surface area contributed by atoms with Gasteiger partial charge in [-0.05, 0) is 49.9 Å². The molecule has 0 spiro atoms. The molecule has 0 radical (unpaired) electrons. The molecule has 1 fully saturated rings. The fourth-order valence-corrected chi connectivity index (χ4v) is 4.01. The van der Waals surface area contributed by atoms with Gasteiger partial charge in [0.15, 0.2) is 0 Å². The number of piperidine rings is 1. The van der Waals surface area contributed by atoms with Crippen LogP contribution in [0.15, 0.2) is 24.3 Å². The Morgan fingerprint density at radius 3 is 3.10 bits per heavy atom. The first-order valence-electron chi connectivity index (χ1n) is 7.33. The normalized spacial score (nSPS) is 19.1. The van der Waals surface area contributed by atoms with Crippen LogP contribution in [0.5, 0.6) is 0 Å². The summed E-state index contributed by atoms with van der Waals surface area (Å²) < 4.78 is 14.1. The van der Waals surface area contributed by atoms with Crippen LogP contribution in [0.2, 0.25) is 0 Å². The molecule has 5 heteroatoms. The van der Waals surface area contributed by atoms with Crippen molar-refractivity contribution in [2.75, 3.05) is 20.1 Å². The number of rotatable bonds is 3. The Kier molecular flexibility index (Phi) is 4.22. The lowest BCUT2D eigenvalue weighted by Gasteiger charge is -2.35. The van der Waals surface area contributed by atoms with Crippen molar-refractivity contribution in [3.05, 3.63) is 35.0 Å². The molecule has 2 heterocycles. The Hall–Kier alpha value is -1.46. The van der Waals surface area contributed by atoms with Gasteiger partial charge >= 0.3 is 0 Å². The molecule has 3 rings (SSSR count). The molecule has 1 atom stereocenters. The number of likely N-dealkylation sites (tertiary alicyclic amines) is 1. The summed E-state index contributed by atoms with van der Waals surface area (Å²) in [5.41, 5.74) is 0. The van der Waals surface area contributed by atoms with E-state index in [2.05, 4.69) is 5.32 Å². The number of fused-ring (bicyclic) bond motifs is 1. The minimum absolute atomic E-state index is 0.0801. The third-order valence-corrected chi connectivity index (χ3v) is 5.11. The average Bonchev–Trinajstić information content (AvgIpc) is 2.90. The number of hydrogen-bond donors (Lipinski definition) is 1. The standard InChI is InChI=1S/C16H19FN2OS/c1-18-10-13-4-2-3-7-19(13)16(20)15-8-11-5-6-12(17)9-14(11)21-15/h5-6,8-9,13,18H,2-4,7,10H2,1H3. The number of hydrogen-bond acceptors (Lipinski definition) is 3. The van der Waals surface area contributed by atoms with Crippen molar-refractivity contribution in [3.8, 4) is 0 Å². The van der Waals surface area contributed by atoms with E-state index >= 15 is 0 Å². The van der Waals surface area contributed by atoms with Crippen LogP contribution in [0.4, 0.5) is 4.39 Å². The first-order valence-corrected chi connectivity index (χ1v) is 8.15.